The van der Waals surface area contributed by atoms with Gasteiger partial charge in [-0.1, -0.05) is 34.1 Å². The number of anilines is 1. The van der Waals surface area contributed by atoms with E-state index in [1.807, 2.05) is 25.1 Å². The quantitative estimate of drug-likeness (QED) is 0.886. The van der Waals surface area contributed by atoms with Crippen molar-refractivity contribution < 1.29 is 8.42 Å². The number of aryl methyl sites for hydroxylation is 1. The molecule has 0 heterocycles. The number of halogens is 1. The zero-order valence-corrected chi connectivity index (χ0v) is 13.3. The van der Waals surface area contributed by atoms with Gasteiger partial charge in [0.1, 0.15) is 0 Å². The van der Waals surface area contributed by atoms with Crippen molar-refractivity contribution in [1.29, 1.82) is 0 Å². The molecule has 0 amide bonds. The third-order valence-corrected chi connectivity index (χ3v) is 4.50. The average molecular weight is 355 g/mol. The second kappa shape index (κ2) is 5.95. The highest BCUT2D eigenvalue weighted by molar-refractivity contribution is 9.10. The van der Waals surface area contributed by atoms with Gasteiger partial charge < -0.3 is 5.32 Å². The molecule has 0 bridgehead atoms. The SMILES string of the molecule is Cc1ccc(CNc2cccc(S(N)(=O)=O)c2)c(Br)c1. The lowest BCUT2D eigenvalue weighted by molar-refractivity contribution is 0.598. The van der Waals surface area contributed by atoms with Gasteiger partial charge in [0.05, 0.1) is 4.90 Å². The molecule has 4 nitrogen and oxygen atoms in total. The van der Waals surface area contributed by atoms with Gasteiger partial charge in [0.2, 0.25) is 10.0 Å². The van der Waals surface area contributed by atoms with Crippen LogP contribution >= 0.6 is 15.9 Å². The van der Waals surface area contributed by atoms with Crippen molar-refractivity contribution in [2.24, 2.45) is 5.14 Å². The van der Waals surface area contributed by atoms with E-state index in [4.69, 9.17) is 5.14 Å². The lowest BCUT2D eigenvalue weighted by Gasteiger charge is -2.10. The summed E-state index contributed by atoms with van der Waals surface area (Å²) in [6.07, 6.45) is 0. The first-order valence-electron chi connectivity index (χ1n) is 5.98. The Morgan fingerprint density at radius 3 is 2.60 bits per heavy atom. The Hall–Kier alpha value is -1.37. The van der Waals surface area contributed by atoms with Gasteiger partial charge in [0, 0.05) is 16.7 Å². The van der Waals surface area contributed by atoms with Crippen LogP contribution in [-0.2, 0) is 16.6 Å². The molecular formula is C14H15BrN2O2S. The van der Waals surface area contributed by atoms with Crippen LogP contribution in [0.1, 0.15) is 11.1 Å². The number of benzene rings is 2. The summed E-state index contributed by atoms with van der Waals surface area (Å²) in [7, 11) is -3.67. The van der Waals surface area contributed by atoms with Gasteiger partial charge >= 0.3 is 0 Å². The van der Waals surface area contributed by atoms with Crippen molar-refractivity contribution in [1.82, 2.24) is 0 Å². The molecule has 0 aromatic heterocycles. The highest BCUT2D eigenvalue weighted by Crippen LogP contribution is 2.20. The second-order valence-corrected chi connectivity index (χ2v) is 6.94. The molecule has 2 aromatic carbocycles. The van der Waals surface area contributed by atoms with Gasteiger partial charge in [-0.05, 0) is 42.3 Å². The minimum absolute atomic E-state index is 0.102. The molecule has 20 heavy (non-hydrogen) atoms. The Morgan fingerprint density at radius 2 is 1.95 bits per heavy atom. The highest BCUT2D eigenvalue weighted by Gasteiger charge is 2.08. The molecule has 0 radical (unpaired) electrons. The highest BCUT2D eigenvalue weighted by atomic mass is 79.9. The molecule has 106 valence electrons. The van der Waals surface area contributed by atoms with Crippen molar-refractivity contribution >= 4 is 31.6 Å². The van der Waals surface area contributed by atoms with Crippen LogP contribution < -0.4 is 10.5 Å². The van der Waals surface area contributed by atoms with Crippen molar-refractivity contribution in [2.75, 3.05) is 5.32 Å². The van der Waals surface area contributed by atoms with Crippen LogP contribution in [0.25, 0.3) is 0 Å². The van der Waals surface area contributed by atoms with Crippen molar-refractivity contribution in [3.8, 4) is 0 Å². The first kappa shape index (κ1) is 15.0. The van der Waals surface area contributed by atoms with Crippen LogP contribution in [0.3, 0.4) is 0 Å². The minimum Gasteiger partial charge on any atom is -0.381 e. The number of hydrogen-bond acceptors (Lipinski definition) is 3. The topological polar surface area (TPSA) is 72.2 Å². The largest absolute Gasteiger partial charge is 0.381 e. The summed E-state index contributed by atoms with van der Waals surface area (Å²) in [6, 6.07) is 12.6. The lowest BCUT2D eigenvalue weighted by atomic mass is 10.1. The predicted octanol–water partition coefficient (Wildman–Crippen LogP) is 3.02. The third-order valence-electron chi connectivity index (χ3n) is 2.85. The molecule has 2 aromatic rings. The summed E-state index contributed by atoms with van der Waals surface area (Å²) in [5.41, 5.74) is 2.98. The van der Waals surface area contributed by atoms with Gasteiger partial charge in [0.25, 0.3) is 0 Å². The molecule has 0 unspecified atom stereocenters. The predicted molar refractivity (Wildman–Crippen MR) is 84.0 cm³/mol. The lowest BCUT2D eigenvalue weighted by Crippen LogP contribution is -2.12. The van der Waals surface area contributed by atoms with Gasteiger partial charge in [-0.2, -0.15) is 0 Å². The zero-order valence-electron chi connectivity index (χ0n) is 10.9. The fraction of sp³-hybridized carbons (Fsp3) is 0.143. The molecule has 6 heteroatoms. The average Bonchev–Trinajstić information content (AvgIpc) is 2.37. The van der Waals surface area contributed by atoms with Crippen LogP contribution in [0.15, 0.2) is 51.8 Å². The van der Waals surface area contributed by atoms with Crippen LogP contribution in [0.2, 0.25) is 0 Å². The maximum atomic E-state index is 11.3. The number of primary sulfonamides is 1. The Bertz CT molecular complexity index is 730. The van der Waals surface area contributed by atoms with Gasteiger partial charge in [0.15, 0.2) is 0 Å². The summed E-state index contributed by atoms with van der Waals surface area (Å²) in [5.74, 6) is 0. The maximum absolute atomic E-state index is 11.3. The van der Waals surface area contributed by atoms with Gasteiger partial charge in [-0.25, -0.2) is 13.6 Å². The fourth-order valence-electron chi connectivity index (χ4n) is 1.78. The van der Waals surface area contributed by atoms with E-state index in [-0.39, 0.29) is 4.90 Å². The Kier molecular flexibility index (Phi) is 4.47. The number of nitrogens with one attached hydrogen (secondary N) is 1. The summed E-state index contributed by atoms with van der Waals surface area (Å²) in [6.45, 7) is 2.62. The Morgan fingerprint density at radius 1 is 1.20 bits per heavy atom. The standard InChI is InChI=1S/C14H15BrN2O2S/c1-10-5-6-11(14(15)7-10)9-17-12-3-2-4-13(8-12)20(16,18)19/h2-8,17H,9H2,1H3,(H2,16,18,19). The summed E-state index contributed by atoms with van der Waals surface area (Å²) in [4.78, 5) is 0.102. The zero-order chi connectivity index (χ0) is 14.8. The van der Waals surface area contributed by atoms with Gasteiger partial charge in [-0.3, -0.25) is 0 Å². The molecule has 0 spiro atoms. The van der Waals surface area contributed by atoms with E-state index in [2.05, 4.69) is 21.2 Å². The Balaban J connectivity index is 2.15. The number of sulfonamides is 1. The van der Waals surface area contributed by atoms with Crippen molar-refractivity contribution in [2.45, 2.75) is 18.4 Å². The Labute approximate surface area is 127 Å². The molecule has 0 atom stereocenters. The minimum atomic E-state index is -3.67. The summed E-state index contributed by atoms with van der Waals surface area (Å²) >= 11 is 3.51. The van der Waals surface area contributed by atoms with Crippen LogP contribution in [0.4, 0.5) is 5.69 Å². The molecular weight excluding hydrogens is 340 g/mol. The smallest absolute Gasteiger partial charge is 0.238 e. The molecule has 0 saturated heterocycles. The van der Waals surface area contributed by atoms with E-state index >= 15 is 0 Å². The number of hydrogen-bond donors (Lipinski definition) is 2. The van der Waals surface area contributed by atoms with E-state index in [0.29, 0.717) is 12.2 Å². The van der Waals surface area contributed by atoms with E-state index in [9.17, 15) is 8.42 Å². The van der Waals surface area contributed by atoms with Crippen LogP contribution in [-0.4, -0.2) is 8.42 Å². The summed E-state index contributed by atoms with van der Waals surface area (Å²) in [5, 5.41) is 8.29. The second-order valence-electron chi connectivity index (χ2n) is 4.52. The first-order valence-corrected chi connectivity index (χ1v) is 8.32. The maximum Gasteiger partial charge on any atom is 0.238 e. The monoisotopic (exact) mass is 354 g/mol. The van der Waals surface area contributed by atoms with Crippen LogP contribution in [0.5, 0.6) is 0 Å². The van der Waals surface area contributed by atoms with Crippen molar-refractivity contribution in [3.05, 3.63) is 58.1 Å². The summed E-state index contributed by atoms with van der Waals surface area (Å²) < 4.78 is 23.6. The first-order chi connectivity index (χ1) is 9.36. The van der Waals surface area contributed by atoms with E-state index < -0.39 is 10.0 Å². The molecule has 0 aliphatic rings. The fourth-order valence-corrected chi connectivity index (χ4v) is 2.97. The number of nitrogens with two attached hydrogens (primary N) is 1. The third kappa shape index (κ3) is 3.82. The van der Waals surface area contributed by atoms with Crippen molar-refractivity contribution in [3.63, 3.8) is 0 Å². The molecule has 0 fully saturated rings. The normalized spacial score (nSPS) is 11.3. The van der Waals surface area contributed by atoms with E-state index in [0.717, 1.165) is 10.0 Å². The molecule has 3 N–H and O–H groups in total. The molecule has 0 aliphatic heterocycles. The van der Waals surface area contributed by atoms with E-state index in [1.165, 1.54) is 17.7 Å². The molecule has 0 aliphatic carbocycles. The molecule has 2 rings (SSSR count). The molecule has 0 saturated carbocycles. The van der Waals surface area contributed by atoms with Crippen LogP contribution in [0, 0.1) is 6.92 Å². The van der Waals surface area contributed by atoms with Gasteiger partial charge in [-0.15, -0.1) is 0 Å². The van der Waals surface area contributed by atoms with E-state index in [1.54, 1.807) is 12.1 Å². The number of rotatable bonds is 4.